The summed E-state index contributed by atoms with van der Waals surface area (Å²) < 4.78 is 15.8. The second kappa shape index (κ2) is 13.5. The number of carbonyl (C=O) groups excluding carboxylic acids is 2. The molecule has 1 heterocycles. The summed E-state index contributed by atoms with van der Waals surface area (Å²) in [7, 11) is 4.76. The molecule has 0 aliphatic rings. The molecule has 39 heavy (non-hydrogen) atoms. The van der Waals surface area contributed by atoms with Gasteiger partial charge in [0, 0.05) is 49.4 Å². The highest BCUT2D eigenvalue weighted by Gasteiger charge is 2.23. The molecular formula is C31H35N3O5. The van der Waals surface area contributed by atoms with Gasteiger partial charge in [0.1, 0.15) is 18.0 Å². The lowest BCUT2D eigenvalue weighted by molar-refractivity contribution is -0.132. The van der Waals surface area contributed by atoms with Crippen molar-refractivity contribution in [2.75, 3.05) is 47.6 Å². The molecular weight excluding hydrogens is 494 g/mol. The molecule has 4 rings (SSSR count). The van der Waals surface area contributed by atoms with E-state index in [1.165, 1.54) is 4.90 Å². The van der Waals surface area contributed by atoms with Crippen molar-refractivity contribution in [3.05, 3.63) is 95.7 Å². The zero-order chi connectivity index (χ0) is 27.6. The zero-order valence-electron chi connectivity index (χ0n) is 22.7. The topological polar surface area (TPSA) is 84.1 Å². The smallest absolute Gasteiger partial charge is 0.254 e. The van der Waals surface area contributed by atoms with Crippen LogP contribution in [0.15, 0.2) is 79.0 Å². The Bertz CT molecular complexity index is 1380. The third-order valence-corrected chi connectivity index (χ3v) is 6.71. The van der Waals surface area contributed by atoms with E-state index < -0.39 is 0 Å². The van der Waals surface area contributed by atoms with E-state index in [2.05, 4.69) is 11.1 Å². The molecule has 8 heteroatoms. The number of methoxy groups -OCH3 is 3. The lowest BCUT2D eigenvalue weighted by Gasteiger charge is -2.28. The minimum Gasteiger partial charge on any atom is -0.497 e. The van der Waals surface area contributed by atoms with Crippen molar-refractivity contribution in [3.8, 4) is 11.5 Å². The zero-order valence-corrected chi connectivity index (χ0v) is 22.7. The standard InChI is InChI=1S/C31H35N3O5/c1-37-18-17-34(31(36)24-7-6-8-27(19-24)39-3)22-30(35)33(21-23-11-13-26(38-2)14-12-23)16-15-25-20-32-29-10-5-4-9-28(25)29/h4-14,19-20,32H,15-18,21-22H2,1-3H3. The van der Waals surface area contributed by atoms with Crippen molar-refractivity contribution in [2.45, 2.75) is 13.0 Å². The Morgan fingerprint density at radius 1 is 0.821 bits per heavy atom. The molecule has 0 atom stereocenters. The van der Waals surface area contributed by atoms with Gasteiger partial charge in [-0.05, 0) is 53.9 Å². The molecule has 0 saturated carbocycles. The fraction of sp³-hybridized carbons (Fsp3) is 0.290. The Morgan fingerprint density at radius 3 is 2.33 bits per heavy atom. The average Bonchev–Trinajstić information content (AvgIpc) is 3.40. The highest BCUT2D eigenvalue weighted by molar-refractivity contribution is 5.97. The van der Waals surface area contributed by atoms with Crippen LogP contribution in [-0.4, -0.2) is 74.2 Å². The second-order valence-electron chi connectivity index (χ2n) is 9.22. The lowest BCUT2D eigenvalue weighted by Crippen LogP contribution is -2.44. The first-order valence-corrected chi connectivity index (χ1v) is 12.9. The molecule has 3 aromatic carbocycles. The molecule has 0 saturated heterocycles. The van der Waals surface area contributed by atoms with Gasteiger partial charge in [-0.1, -0.05) is 36.4 Å². The van der Waals surface area contributed by atoms with Crippen molar-refractivity contribution in [2.24, 2.45) is 0 Å². The van der Waals surface area contributed by atoms with E-state index in [0.717, 1.165) is 27.8 Å². The number of nitrogens with one attached hydrogen (secondary N) is 1. The van der Waals surface area contributed by atoms with Crippen LogP contribution in [0.2, 0.25) is 0 Å². The molecule has 1 aromatic heterocycles. The molecule has 0 unspecified atom stereocenters. The van der Waals surface area contributed by atoms with Crippen molar-refractivity contribution in [1.82, 2.24) is 14.8 Å². The molecule has 204 valence electrons. The summed E-state index contributed by atoms with van der Waals surface area (Å²) in [6, 6.07) is 22.7. The second-order valence-corrected chi connectivity index (χ2v) is 9.22. The predicted molar refractivity (Wildman–Crippen MR) is 151 cm³/mol. The molecule has 1 N–H and O–H groups in total. The van der Waals surface area contributed by atoms with Gasteiger partial charge in [0.15, 0.2) is 0 Å². The number of aromatic nitrogens is 1. The van der Waals surface area contributed by atoms with Gasteiger partial charge >= 0.3 is 0 Å². The van der Waals surface area contributed by atoms with Crippen molar-refractivity contribution in [3.63, 3.8) is 0 Å². The number of ether oxygens (including phenoxy) is 3. The number of fused-ring (bicyclic) bond motifs is 1. The van der Waals surface area contributed by atoms with E-state index in [-0.39, 0.29) is 24.9 Å². The highest BCUT2D eigenvalue weighted by Crippen LogP contribution is 2.20. The summed E-state index contributed by atoms with van der Waals surface area (Å²) in [6.07, 6.45) is 2.67. The first-order chi connectivity index (χ1) is 19.0. The number of carbonyl (C=O) groups is 2. The summed E-state index contributed by atoms with van der Waals surface area (Å²) in [5.74, 6) is 0.946. The summed E-state index contributed by atoms with van der Waals surface area (Å²) in [4.78, 5) is 33.8. The van der Waals surface area contributed by atoms with Gasteiger partial charge < -0.3 is 29.0 Å². The Labute approximate surface area is 229 Å². The fourth-order valence-corrected chi connectivity index (χ4v) is 4.49. The molecule has 0 aliphatic heterocycles. The van der Waals surface area contributed by atoms with Gasteiger partial charge in [-0.3, -0.25) is 9.59 Å². The third kappa shape index (κ3) is 7.18. The van der Waals surface area contributed by atoms with E-state index in [1.807, 2.05) is 53.6 Å². The minimum atomic E-state index is -0.250. The summed E-state index contributed by atoms with van der Waals surface area (Å²) in [5, 5.41) is 1.14. The Morgan fingerprint density at radius 2 is 1.59 bits per heavy atom. The molecule has 0 fully saturated rings. The van der Waals surface area contributed by atoms with E-state index in [9.17, 15) is 9.59 Å². The average molecular weight is 530 g/mol. The van der Waals surface area contributed by atoms with Crippen LogP contribution in [0, 0.1) is 0 Å². The summed E-state index contributed by atoms with van der Waals surface area (Å²) >= 11 is 0. The number of para-hydroxylation sites is 1. The number of aromatic amines is 1. The lowest BCUT2D eigenvalue weighted by atomic mass is 10.1. The Balaban J connectivity index is 1.55. The first kappa shape index (κ1) is 27.7. The maximum atomic E-state index is 13.8. The number of rotatable bonds is 13. The third-order valence-electron chi connectivity index (χ3n) is 6.71. The predicted octanol–water partition coefficient (Wildman–Crippen LogP) is 4.55. The Kier molecular flexibility index (Phi) is 9.58. The van der Waals surface area contributed by atoms with Gasteiger partial charge in [-0.15, -0.1) is 0 Å². The molecule has 0 spiro atoms. The highest BCUT2D eigenvalue weighted by atomic mass is 16.5. The van der Waals surface area contributed by atoms with E-state index in [1.54, 1.807) is 45.6 Å². The molecule has 4 aromatic rings. The van der Waals surface area contributed by atoms with Crippen LogP contribution in [0.3, 0.4) is 0 Å². The van der Waals surface area contributed by atoms with Crippen LogP contribution in [0.1, 0.15) is 21.5 Å². The number of nitrogens with zero attached hydrogens (tertiary/aromatic N) is 2. The van der Waals surface area contributed by atoms with E-state index in [0.29, 0.717) is 37.4 Å². The number of hydrogen-bond acceptors (Lipinski definition) is 5. The van der Waals surface area contributed by atoms with Gasteiger partial charge in [-0.2, -0.15) is 0 Å². The van der Waals surface area contributed by atoms with Crippen molar-refractivity contribution >= 4 is 22.7 Å². The van der Waals surface area contributed by atoms with Gasteiger partial charge in [-0.25, -0.2) is 0 Å². The van der Waals surface area contributed by atoms with Gasteiger partial charge in [0.05, 0.1) is 20.8 Å². The van der Waals surface area contributed by atoms with Crippen LogP contribution in [0.25, 0.3) is 10.9 Å². The summed E-state index contributed by atoms with van der Waals surface area (Å²) in [5.41, 5.74) is 3.64. The molecule has 0 radical (unpaired) electrons. The van der Waals surface area contributed by atoms with Crippen LogP contribution >= 0.6 is 0 Å². The SMILES string of the molecule is COCCN(CC(=O)N(CCc1c[nH]c2ccccc12)Cc1ccc(OC)cc1)C(=O)c1cccc(OC)c1. The molecule has 0 bridgehead atoms. The number of hydrogen-bond donors (Lipinski definition) is 1. The van der Waals surface area contributed by atoms with Crippen LogP contribution < -0.4 is 9.47 Å². The monoisotopic (exact) mass is 529 g/mol. The van der Waals surface area contributed by atoms with E-state index in [4.69, 9.17) is 14.2 Å². The van der Waals surface area contributed by atoms with Crippen LogP contribution in [-0.2, 0) is 22.5 Å². The Hall–Kier alpha value is -4.30. The van der Waals surface area contributed by atoms with Crippen molar-refractivity contribution < 1.29 is 23.8 Å². The fourth-order valence-electron chi connectivity index (χ4n) is 4.49. The number of benzene rings is 3. The first-order valence-electron chi connectivity index (χ1n) is 12.9. The van der Waals surface area contributed by atoms with Gasteiger partial charge in [0.2, 0.25) is 5.91 Å². The maximum absolute atomic E-state index is 13.8. The summed E-state index contributed by atoms with van der Waals surface area (Å²) in [6.45, 7) is 1.45. The molecule has 8 nitrogen and oxygen atoms in total. The molecule has 2 amide bonds. The maximum Gasteiger partial charge on any atom is 0.254 e. The van der Waals surface area contributed by atoms with Crippen molar-refractivity contribution in [1.29, 1.82) is 0 Å². The minimum absolute atomic E-state index is 0.0660. The number of amides is 2. The van der Waals surface area contributed by atoms with Crippen LogP contribution in [0.5, 0.6) is 11.5 Å². The van der Waals surface area contributed by atoms with Gasteiger partial charge in [0.25, 0.3) is 5.91 Å². The van der Waals surface area contributed by atoms with E-state index >= 15 is 0 Å². The molecule has 0 aliphatic carbocycles. The number of H-pyrrole nitrogens is 1. The van der Waals surface area contributed by atoms with Crippen LogP contribution in [0.4, 0.5) is 0 Å². The normalized spacial score (nSPS) is 10.8. The quantitative estimate of drug-likeness (QED) is 0.275. The largest absolute Gasteiger partial charge is 0.497 e.